The minimum absolute atomic E-state index is 0.0369. The number of ether oxygens (including phenoxy) is 1. The van der Waals surface area contributed by atoms with E-state index in [4.69, 9.17) is 4.74 Å². The van der Waals surface area contributed by atoms with E-state index >= 15 is 0 Å². The first-order chi connectivity index (χ1) is 17.9. The van der Waals surface area contributed by atoms with E-state index in [0.717, 1.165) is 50.9 Å². The number of alkyl halides is 3. The molecule has 2 aliphatic rings. The minimum Gasteiger partial charge on any atom is -0.444 e. The Morgan fingerprint density at radius 1 is 1.08 bits per heavy atom. The largest absolute Gasteiger partial charge is 0.444 e. The van der Waals surface area contributed by atoms with Crippen molar-refractivity contribution in [2.24, 2.45) is 5.92 Å². The fourth-order valence-electron chi connectivity index (χ4n) is 4.97. The van der Waals surface area contributed by atoms with Crippen LogP contribution in [0.3, 0.4) is 0 Å². The van der Waals surface area contributed by atoms with E-state index in [0.29, 0.717) is 24.0 Å². The summed E-state index contributed by atoms with van der Waals surface area (Å²) in [5.74, 6) is 0.376. The summed E-state index contributed by atoms with van der Waals surface area (Å²) in [7, 11) is 0. The zero-order valence-electron chi connectivity index (χ0n) is 21.9. The summed E-state index contributed by atoms with van der Waals surface area (Å²) in [5.41, 5.74) is -0.942. The fourth-order valence-corrected chi connectivity index (χ4v) is 4.97. The molecule has 1 aromatic carbocycles. The Morgan fingerprint density at radius 2 is 1.79 bits per heavy atom. The lowest BCUT2D eigenvalue weighted by Gasteiger charge is -2.46. The van der Waals surface area contributed by atoms with Crippen molar-refractivity contribution in [1.82, 2.24) is 25.5 Å². The van der Waals surface area contributed by atoms with Crippen molar-refractivity contribution in [3.05, 3.63) is 30.1 Å². The molecule has 1 saturated heterocycles. The average Bonchev–Trinajstić information content (AvgIpc) is 2.82. The van der Waals surface area contributed by atoms with Crippen LogP contribution < -0.4 is 16.0 Å². The van der Waals surface area contributed by atoms with E-state index in [1.54, 1.807) is 0 Å². The number of nitrogens with zero attached hydrogens (tertiary/aromatic N) is 3. The Morgan fingerprint density at radius 3 is 2.45 bits per heavy atom. The smallest absolute Gasteiger partial charge is 0.416 e. The molecule has 2 aromatic rings. The van der Waals surface area contributed by atoms with E-state index < -0.39 is 17.3 Å². The van der Waals surface area contributed by atoms with Gasteiger partial charge in [-0.25, -0.2) is 14.8 Å². The van der Waals surface area contributed by atoms with Crippen LogP contribution in [0, 0.1) is 5.92 Å². The molecule has 9 nitrogen and oxygen atoms in total. The highest BCUT2D eigenvalue weighted by Crippen LogP contribution is 2.33. The van der Waals surface area contributed by atoms with Gasteiger partial charge in [-0.3, -0.25) is 9.69 Å². The van der Waals surface area contributed by atoms with Crippen LogP contribution >= 0.6 is 0 Å². The van der Waals surface area contributed by atoms with Gasteiger partial charge >= 0.3 is 12.3 Å². The first-order valence-corrected chi connectivity index (χ1v) is 12.9. The number of hydrogen-bond acceptors (Lipinski definition) is 7. The molecule has 2 heterocycles. The second kappa shape index (κ2) is 11.3. The predicted molar refractivity (Wildman–Crippen MR) is 137 cm³/mol. The van der Waals surface area contributed by atoms with Gasteiger partial charge in [-0.05, 0) is 70.6 Å². The maximum Gasteiger partial charge on any atom is 0.416 e. The zero-order valence-corrected chi connectivity index (χ0v) is 21.9. The molecular formula is C26H35F3N6O3. The molecule has 1 aromatic heterocycles. The number of fused-ring (bicyclic) bond motifs is 1. The van der Waals surface area contributed by atoms with Gasteiger partial charge in [-0.2, -0.15) is 13.2 Å². The maximum absolute atomic E-state index is 13.1. The van der Waals surface area contributed by atoms with Crippen molar-refractivity contribution in [2.45, 2.75) is 70.3 Å². The molecule has 208 valence electrons. The van der Waals surface area contributed by atoms with Crippen LogP contribution in [-0.4, -0.2) is 70.7 Å². The number of benzene rings is 1. The molecule has 1 aliphatic heterocycles. The van der Waals surface area contributed by atoms with Gasteiger partial charge in [0.05, 0.1) is 23.7 Å². The van der Waals surface area contributed by atoms with E-state index in [-0.39, 0.29) is 35.8 Å². The molecule has 12 heteroatoms. The van der Waals surface area contributed by atoms with Gasteiger partial charge in [0.25, 0.3) is 0 Å². The number of rotatable bonds is 7. The minimum atomic E-state index is -4.48. The number of anilines is 1. The van der Waals surface area contributed by atoms with Gasteiger partial charge in [0, 0.05) is 31.1 Å². The summed E-state index contributed by atoms with van der Waals surface area (Å²) < 4.78 is 44.6. The summed E-state index contributed by atoms with van der Waals surface area (Å²) in [4.78, 5) is 34.7. The Labute approximate surface area is 219 Å². The Bertz CT molecular complexity index is 1140. The van der Waals surface area contributed by atoms with E-state index in [1.165, 1.54) is 12.4 Å². The van der Waals surface area contributed by atoms with Crippen LogP contribution in [0.5, 0.6) is 0 Å². The molecule has 0 atom stereocenters. The summed E-state index contributed by atoms with van der Waals surface area (Å²) in [6.45, 7) is 7.57. The maximum atomic E-state index is 13.1. The van der Waals surface area contributed by atoms with Gasteiger partial charge < -0.3 is 20.7 Å². The number of nitrogens with one attached hydrogen (secondary N) is 3. The van der Waals surface area contributed by atoms with E-state index in [9.17, 15) is 22.8 Å². The third-order valence-electron chi connectivity index (χ3n) is 6.92. The van der Waals surface area contributed by atoms with E-state index in [1.807, 2.05) is 20.8 Å². The molecule has 3 N–H and O–H groups in total. The second-order valence-corrected chi connectivity index (χ2v) is 11.1. The molecule has 2 amide bonds. The summed E-state index contributed by atoms with van der Waals surface area (Å²) in [6, 6.07) is 3.76. The van der Waals surface area contributed by atoms with Crippen molar-refractivity contribution in [3.8, 4) is 0 Å². The third-order valence-corrected chi connectivity index (χ3v) is 6.92. The normalized spacial score (nSPS) is 21.0. The van der Waals surface area contributed by atoms with Crippen molar-refractivity contribution in [2.75, 3.05) is 31.5 Å². The number of alkyl carbamates (subject to hydrolysis) is 1. The number of halogens is 3. The molecule has 0 radical (unpaired) electrons. The average molecular weight is 537 g/mol. The summed E-state index contributed by atoms with van der Waals surface area (Å²) in [6.07, 6.45) is 0.538. The lowest BCUT2D eigenvalue weighted by atomic mass is 9.84. The van der Waals surface area contributed by atoms with Crippen LogP contribution in [-0.2, 0) is 15.7 Å². The van der Waals surface area contributed by atoms with Gasteiger partial charge in [0.1, 0.15) is 17.7 Å². The fraction of sp³-hybridized carbons (Fsp3) is 0.615. The number of likely N-dealkylation sites (tertiary alicyclic amines) is 1. The molecular weight excluding hydrogens is 501 g/mol. The Hall–Kier alpha value is -3.15. The zero-order chi connectivity index (χ0) is 27.5. The summed E-state index contributed by atoms with van der Waals surface area (Å²) >= 11 is 0. The number of amides is 2. The van der Waals surface area contributed by atoms with Crippen LogP contribution in [0.15, 0.2) is 24.5 Å². The number of aromatic nitrogens is 2. The number of carbonyl (C=O) groups is 2. The van der Waals surface area contributed by atoms with E-state index in [2.05, 4.69) is 30.8 Å². The first kappa shape index (κ1) is 27.9. The monoisotopic (exact) mass is 536 g/mol. The number of hydrogen-bond donors (Lipinski definition) is 3. The molecule has 0 bridgehead atoms. The number of carbonyl (C=O) groups excluding carboxylic acids is 2. The SMILES string of the molecule is CC(C)(C)OC(=O)NC[C@H]1CC[C@@H](N2CC(NC(=O)CNc3ncnc4ccc(C(F)(F)F)cc34)C2)CC1. The molecule has 0 unspecified atom stereocenters. The quantitative estimate of drug-likeness (QED) is 0.492. The molecule has 2 fully saturated rings. The Kier molecular flexibility index (Phi) is 8.29. The highest BCUT2D eigenvalue weighted by molar-refractivity contribution is 5.91. The lowest BCUT2D eigenvalue weighted by molar-refractivity contribution is -0.137. The van der Waals surface area contributed by atoms with Gasteiger partial charge in [-0.15, -0.1) is 0 Å². The molecule has 4 rings (SSSR count). The molecule has 1 saturated carbocycles. The first-order valence-electron chi connectivity index (χ1n) is 12.9. The molecule has 0 spiro atoms. The van der Waals surface area contributed by atoms with Crippen molar-refractivity contribution in [1.29, 1.82) is 0 Å². The van der Waals surface area contributed by atoms with Gasteiger partial charge in [0.2, 0.25) is 5.91 Å². The van der Waals surface area contributed by atoms with Crippen molar-refractivity contribution < 1.29 is 27.5 Å². The van der Waals surface area contributed by atoms with Gasteiger partial charge in [0.15, 0.2) is 0 Å². The molecule has 1 aliphatic carbocycles. The predicted octanol–water partition coefficient (Wildman–Crippen LogP) is 3.94. The summed E-state index contributed by atoms with van der Waals surface area (Å²) in [5, 5.41) is 8.90. The third kappa shape index (κ3) is 7.46. The molecule has 38 heavy (non-hydrogen) atoms. The second-order valence-electron chi connectivity index (χ2n) is 11.1. The van der Waals surface area contributed by atoms with Crippen LogP contribution in [0.2, 0.25) is 0 Å². The van der Waals surface area contributed by atoms with Crippen LogP contribution in [0.25, 0.3) is 10.9 Å². The standard InChI is InChI=1S/C26H35F3N6O3/c1-25(2,3)38-24(37)31-11-16-4-7-19(8-5-16)35-13-18(14-35)34-22(36)12-30-23-20-10-17(26(27,28)29)6-9-21(20)32-15-33-23/h6,9-10,15-16,18-19H,4-5,7-8,11-14H2,1-3H3,(H,31,37)(H,34,36)(H,30,32,33)/t16-,19+. The highest BCUT2D eigenvalue weighted by Gasteiger charge is 2.35. The lowest BCUT2D eigenvalue weighted by Crippen LogP contribution is -2.63. The van der Waals surface area contributed by atoms with Gasteiger partial charge in [-0.1, -0.05) is 0 Å². The Balaban J connectivity index is 1.16. The van der Waals surface area contributed by atoms with Crippen LogP contribution in [0.4, 0.5) is 23.8 Å². The highest BCUT2D eigenvalue weighted by atomic mass is 19.4. The topological polar surface area (TPSA) is 108 Å². The van der Waals surface area contributed by atoms with Crippen LogP contribution in [0.1, 0.15) is 52.0 Å². The van der Waals surface area contributed by atoms with Crippen molar-refractivity contribution in [3.63, 3.8) is 0 Å². The van der Waals surface area contributed by atoms with Crippen molar-refractivity contribution >= 4 is 28.7 Å².